The van der Waals surface area contributed by atoms with Crippen LogP contribution in [0.5, 0.6) is 0 Å². The van der Waals surface area contributed by atoms with Crippen molar-refractivity contribution in [2.24, 2.45) is 5.92 Å². The first-order chi connectivity index (χ1) is 9.99. The second-order valence-electron chi connectivity index (χ2n) is 7.09. The molecule has 0 amide bonds. The lowest BCUT2D eigenvalue weighted by molar-refractivity contribution is 0.159. The first-order valence-electron chi connectivity index (χ1n) is 8.51. The molecule has 1 heterocycles. The topological polar surface area (TPSA) is 15.3 Å². The highest BCUT2D eigenvalue weighted by Gasteiger charge is 2.24. The maximum Gasteiger partial charge on any atom is 0.0354 e. The summed E-state index contributed by atoms with van der Waals surface area (Å²) in [7, 11) is 0. The number of nitrogens with zero attached hydrogens (tertiary/aromatic N) is 1. The zero-order valence-corrected chi connectivity index (χ0v) is 16.9. The maximum atomic E-state index is 3.48. The third-order valence-corrected chi connectivity index (χ3v) is 4.68. The van der Waals surface area contributed by atoms with Crippen LogP contribution in [0.15, 0.2) is 12.1 Å². The first kappa shape index (κ1) is 22.7. The van der Waals surface area contributed by atoms with Crippen molar-refractivity contribution in [2.75, 3.05) is 26.2 Å². The summed E-state index contributed by atoms with van der Waals surface area (Å²) in [6.07, 6.45) is 2.59. The monoisotopic (exact) mass is 360 g/mol. The Bertz CT molecular complexity index is 445. The molecular formula is C19H34Cl2N2. The van der Waals surface area contributed by atoms with Gasteiger partial charge in [-0.1, -0.05) is 31.5 Å². The fraction of sp³-hybridized carbons (Fsp3) is 0.684. The SMILES string of the molecule is Cc1cc(C)c([C@@H](CCC(C)C)N2CCNCC2)c(C)c1.Cl.Cl. The Hall–Kier alpha value is -0.280. The van der Waals surface area contributed by atoms with Crippen molar-refractivity contribution in [1.82, 2.24) is 10.2 Å². The fourth-order valence-electron chi connectivity index (χ4n) is 3.71. The zero-order valence-electron chi connectivity index (χ0n) is 15.3. The molecule has 23 heavy (non-hydrogen) atoms. The Labute approximate surface area is 155 Å². The molecule has 0 bridgehead atoms. The lowest BCUT2D eigenvalue weighted by Gasteiger charge is -2.37. The molecule has 2 nitrogen and oxygen atoms in total. The van der Waals surface area contributed by atoms with Crippen LogP contribution in [-0.4, -0.2) is 31.1 Å². The minimum absolute atomic E-state index is 0. The number of piperazine rings is 1. The highest BCUT2D eigenvalue weighted by Crippen LogP contribution is 2.33. The van der Waals surface area contributed by atoms with E-state index in [1.54, 1.807) is 5.56 Å². The molecule has 0 radical (unpaired) electrons. The number of hydrogen-bond acceptors (Lipinski definition) is 2. The predicted molar refractivity (Wildman–Crippen MR) is 106 cm³/mol. The van der Waals surface area contributed by atoms with Gasteiger partial charge in [0.05, 0.1) is 0 Å². The van der Waals surface area contributed by atoms with Crippen LogP contribution >= 0.6 is 24.8 Å². The second kappa shape index (κ2) is 10.6. The quantitative estimate of drug-likeness (QED) is 0.807. The molecule has 0 unspecified atom stereocenters. The lowest BCUT2D eigenvalue weighted by Crippen LogP contribution is -2.45. The number of nitrogens with one attached hydrogen (secondary N) is 1. The molecule has 4 heteroatoms. The van der Waals surface area contributed by atoms with Crippen molar-refractivity contribution in [3.63, 3.8) is 0 Å². The molecule has 1 N–H and O–H groups in total. The molecule has 1 aliphatic rings. The minimum Gasteiger partial charge on any atom is -0.314 e. The Morgan fingerprint density at radius 1 is 0.957 bits per heavy atom. The molecule has 1 fully saturated rings. The molecule has 1 atom stereocenters. The van der Waals surface area contributed by atoms with E-state index >= 15 is 0 Å². The summed E-state index contributed by atoms with van der Waals surface area (Å²) < 4.78 is 0. The van der Waals surface area contributed by atoms with Crippen LogP contribution in [0.4, 0.5) is 0 Å². The molecule has 0 aliphatic carbocycles. The molecule has 1 saturated heterocycles. The summed E-state index contributed by atoms with van der Waals surface area (Å²) in [5, 5.41) is 3.48. The number of aryl methyl sites for hydroxylation is 3. The van der Waals surface area contributed by atoms with Crippen molar-refractivity contribution < 1.29 is 0 Å². The van der Waals surface area contributed by atoms with E-state index < -0.39 is 0 Å². The summed E-state index contributed by atoms with van der Waals surface area (Å²) >= 11 is 0. The van der Waals surface area contributed by atoms with Gasteiger partial charge >= 0.3 is 0 Å². The van der Waals surface area contributed by atoms with Crippen LogP contribution < -0.4 is 5.32 Å². The van der Waals surface area contributed by atoms with Crippen molar-refractivity contribution in [2.45, 2.75) is 53.5 Å². The van der Waals surface area contributed by atoms with E-state index in [0.29, 0.717) is 6.04 Å². The Morgan fingerprint density at radius 3 is 1.96 bits per heavy atom. The highest BCUT2D eigenvalue weighted by atomic mass is 35.5. The molecule has 1 aromatic rings. The molecule has 2 rings (SSSR count). The van der Waals surface area contributed by atoms with Crippen molar-refractivity contribution in [3.05, 3.63) is 34.4 Å². The van der Waals surface area contributed by atoms with Gasteiger partial charge in [0.1, 0.15) is 0 Å². The summed E-state index contributed by atoms with van der Waals surface area (Å²) in [6.45, 7) is 16.1. The summed E-state index contributed by atoms with van der Waals surface area (Å²) in [6, 6.07) is 5.30. The van der Waals surface area contributed by atoms with Gasteiger partial charge in [-0.25, -0.2) is 0 Å². The van der Waals surface area contributed by atoms with Gasteiger partial charge in [-0.3, -0.25) is 4.90 Å². The van der Waals surface area contributed by atoms with Gasteiger partial charge in [0, 0.05) is 32.2 Å². The standard InChI is InChI=1S/C19H32N2.2ClH/c1-14(2)6-7-18(21-10-8-20-9-11-21)19-16(4)12-15(3)13-17(19)5;;/h12-14,18,20H,6-11H2,1-5H3;2*1H/t18-;;/m1../s1. The third-order valence-electron chi connectivity index (χ3n) is 4.68. The summed E-state index contributed by atoms with van der Waals surface area (Å²) in [5.41, 5.74) is 5.92. The predicted octanol–water partition coefficient (Wildman–Crippen LogP) is 4.84. The van der Waals surface area contributed by atoms with Crippen molar-refractivity contribution >= 4 is 24.8 Å². The average Bonchev–Trinajstić information content (AvgIpc) is 2.42. The van der Waals surface area contributed by atoms with E-state index in [-0.39, 0.29) is 24.8 Å². The van der Waals surface area contributed by atoms with Gasteiger partial charge in [0.2, 0.25) is 0 Å². The maximum absolute atomic E-state index is 3.48. The molecule has 134 valence electrons. The second-order valence-corrected chi connectivity index (χ2v) is 7.09. The van der Waals surface area contributed by atoms with Crippen molar-refractivity contribution in [3.8, 4) is 0 Å². The van der Waals surface area contributed by atoms with Gasteiger partial charge in [-0.2, -0.15) is 0 Å². The Morgan fingerprint density at radius 2 is 1.48 bits per heavy atom. The molecule has 0 aromatic heterocycles. The number of rotatable bonds is 5. The number of benzene rings is 1. The van der Waals surface area contributed by atoms with Gasteiger partial charge < -0.3 is 5.32 Å². The molecule has 1 aromatic carbocycles. The van der Waals surface area contributed by atoms with Crippen LogP contribution in [0.1, 0.15) is 55.0 Å². The largest absolute Gasteiger partial charge is 0.314 e. The molecular weight excluding hydrogens is 327 g/mol. The van der Waals surface area contributed by atoms with Crippen LogP contribution in [0.3, 0.4) is 0 Å². The lowest BCUT2D eigenvalue weighted by atomic mass is 9.89. The summed E-state index contributed by atoms with van der Waals surface area (Å²) in [4.78, 5) is 2.70. The van der Waals surface area contributed by atoms with Gasteiger partial charge in [-0.15, -0.1) is 24.8 Å². The Balaban J connectivity index is 0.00000242. The normalized spacial score (nSPS) is 16.6. The highest BCUT2D eigenvalue weighted by molar-refractivity contribution is 5.85. The molecule has 0 saturated carbocycles. The van der Waals surface area contributed by atoms with Crippen LogP contribution in [0.25, 0.3) is 0 Å². The summed E-state index contributed by atoms with van der Waals surface area (Å²) in [5.74, 6) is 0.779. The van der Waals surface area contributed by atoms with Gasteiger partial charge in [0.25, 0.3) is 0 Å². The van der Waals surface area contributed by atoms with E-state index in [2.05, 4.69) is 57.0 Å². The van der Waals surface area contributed by atoms with Crippen LogP contribution in [0.2, 0.25) is 0 Å². The van der Waals surface area contributed by atoms with E-state index in [9.17, 15) is 0 Å². The Kier molecular flexibility index (Phi) is 10.4. The smallest absolute Gasteiger partial charge is 0.0354 e. The average molecular weight is 361 g/mol. The van der Waals surface area contributed by atoms with Crippen molar-refractivity contribution in [1.29, 1.82) is 0 Å². The number of halogens is 2. The molecule has 1 aliphatic heterocycles. The third kappa shape index (κ3) is 6.26. The number of hydrogen-bond donors (Lipinski definition) is 1. The fourth-order valence-corrected chi connectivity index (χ4v) is 3.71. The van der Waals surface area contributed by atoms with Gasteiger partial charge in [0.15, 0.2) is 0 Å². The van der Waals surface area contributed by atoms with E-state index in [0.717, 1.165) is 19.0 Å². The molecule has 0 spiro atoms. The zero-order chi connectivity index (χ0) is 15.4. The van der Waals surface area contributed by atoms with Crippen LogP contribution in [-0.2, 0) is 0 Å². The first-order valence-corrected chi connectivity index (χ1v) is 8.51. The van der Waals surface area contributed by atoms with Gasteiger partial charge in [-0.05, 0) is 56.2 Å². The van der Waals surface area contributed by atoms with E-state index in [1.807, 2.05) is 0 Å². The van der Waals surface area contributed by atoms with Crippen LogP contribution in [0, 0.1) is 26.7 Å². The van der Waals surface area contributed by atoms with E-state index in [4.69, 9.17) is 0 Å². The van der Waals surface area contributed by atoms with E-state index in [1.165, 1.54) is 42.6 Å². The minimum atomic E-state index is 0.